The second kappa shape index (κ2) is 4.07. The molecule has 2 heterocycles. The van der Waals surface area contributed by atoms with Crippen LogP contribution in [0.25, 0.3) is 0 Å². The molecule has 2 bridgehead atoms. The molecule has 1 aliphatic carbocycles. The molecular formula is C14H16BrNO2. The molecule has 4 rings (SSSR count). The minimum Gasteiger partial charge on any atom is -0.297 e. The molecular weight excluding hydrogens is 294 g/mol. The fourth-order valence-electron chi connectivity index (χ4n) is 2.86. The number of hydroxylamine groups is 1. The summed E-state index contributed by atoms with van der Waals surface area (Å²) >= 11 is 3.43. The fourth-order valence-corrected chi connectivity index (χ4v) is 3.13. The number of Topliss-reactive ketones (excluding diaryl/α,β-unsaturated/α-hetero) is 1. The third-order valence-electron chi connectivity index (χ3n) is 3.97. The van der Waals surface area contributed by atoms with Gasteiger partial charge in [0.2, 0.25) is 0 Å². The SMILES string of the molecule is CC1(C)C[C@H]2ON(c3ccc(Br)cc3)[C@@H]1CC2=O. The van der Waals surface area contributed by atoms with Gasteiger partial charge in [-0.2, -0.15) is 0 Å². The fraction of sp³-hybridized carbons (Fsp3) is 0.500. The highest BCUT2D eigenvalue weighted by Crippen LogP contribution is 2.45. The number of anilines is 1. The van der Waals surface area contributed by atoms with Crippen molar-refractivity contribution in [2.75, 3.05) is 5.06 Å². The van der Waals surface area contributed by atoms with Crippen LogP contribution in [0.1, 0.15) is 26.7 Å². The van der Waals surface area contributed by atoms with Gasteiger partial charge in [0.05, 0.1) is 11.7 Å². The lowest BCUT2D eigenvalue weighted by molar-refractivity contribution is -0.159. The number of fused-ring (bicyclic) bond motifs is 3. The Labute approximate surface area is 115 Å². The van der Waals surface area contributed by atoms with Crippen molar-refractivity contribution in [1.82, 2.24) is 0 Å². The summed E-state index contributed by atoms with van der Waals surface area (Å²) in [5.41, 5.74) is 1.14. The molecule has 0 aromatic heterocycles. The number of benzene rings is 1. The summed E-state index contributed by atoms with van der Waals surface area (Å²) in [6.07, 6.45) is 1.14. The van der Waals surface area contributed by atoms with E-state index in [4.69, 9.17) is 4.84 Å². The summed E-state index contributed by atoms with van der Waals surface area (Å²) in [4.78, 5) is 17.6. The van der Waals surface area contributed by atoms with Crippen LogP contribution in [0.3, 0.4) is 0 Å². The summed E-state index contributed by atoms with van der Waals surface area (Å²) in [5.74, 6) is 0.243. The van der Waals surface area contributed by atoms with Gasteiger partial charge in [0.1, 0.15) is 6.10 Å². The largest absolute Gasteiger partial charge is 0.297 e. The van der Waals surface area contributed by atoms with E-state index in [1.54, 1.807) is 0 Å². The predicted molar refractivity (Wildman–Crippen MR) is 73.3 cm³/mol. The van der Waals surface area contributed by atoms with Gasteiger partial charge in [-0.3, -0.25) is 9.63 Å². The van der Waals surface area contributed by atoms with Gasteiger partial charge in [-0.1, -0.05) is 29.8 Å². The Balaban J connectivity index is 1.94. The Morgan fingerprint density at radius 1 is 1.33 bits per heavy atom. The first-order valence-electron chi connectivity index (χ1n) is 6.22. The zero-order chi connectivity index (χ0) is 12.9. The van der Waals surface area contributed by atoms with Crippen LogP contribution < -0.4 is 5.06 Å². The molecule has 0 spiro atoms. The standard InChI is InChI=1S/C14H16BrNO2/c1-14(2)8-12-11(17)7-13(14)16(18-12)10-5-3-9(15)4-6-10/h3-6,12-13H,7-8H2,1-2H3/t12-,13-/m1/s1. The Bertz CT molecular complexity index is 483. The van der Waals surface area contributed by atoms with Crippen molar-refractivity contribution in [1.29, 1.82) is 0 Å². The van der Waals surface area contributed by atoms with E-state index >= 15 is 0 Å². The van der Waals surface area contributed by atoms with E-state index < -0.39 is 0 Å². The van der Waals surface area contributed by atoms with Crippen LogP contribution >= 0.6 is 15.9 Å². The first-order valence-corrected chi connectivity index (χ1v) is 7.01. The Hall–Kier alpha value is -0.870. The molecule has 0 radical (unpaired) electrons. The van der Waals surface area contributed by atoms with E-state index in [-0.39, 0.29) is 23.3 Å². The minimum atomic E-state index is -0.270. The van der Waals surface area contributed by atoms with E-state index in [2.05, 4.69) is 29.8 Å². The number of hydrogen-bond acceptors (Lipinski definition) is 3. The Morgan fingerprint density at radius 2 is 2.00 bits per heavy atom. The molecule has 1 aromatic carbocycles. The lowest BCUT2D eigenvalue weighted by Crippen LogP contribution is -2.61. The lowest BCUT2D eigenvalue weighted by atomic mass is 9.70. The topological polar surface area (TPSA) is 29.5 Å². The van der Waals surface area contributed by atoms with Crippen LogP contribution in [0, 0.1) is 5.41 Å². The molecule has 2 saturated heterocycles. The summed E-state index contributed by atoms with van der Waals surface area (Å²) in [7, 11) is 0. The van der Waals surface area contributed by atoms with Crippen molar-refractivity contribution in [3.8, 4) is 0 Å². The van der Waals surface area contributed by atoms with E-state index in [1.807, 2.05) is 29.3 Å². The van der Waals surface area contributed by atoms with Gasteiger partial charge in [-0.05, 0) is 36.1 Å². The van der Waals surface area contributed by atoms with Crippen molar-refractivity contribution >= 4 is 27.4 Å². The molecule has 1 saturated carbocycles. The van der Waals surface area contributed by atoms with E-state index in [9.17, 15) is 4.79 Å². The Morgan fingerprint density at radius 3 is 2.61 bits per heavy atom. The second-order valence-electron chi connectivity index (χ2n) is 5.78. The summed E-state index contributed by atoms with van der Waals surface area (Å²) in [5, 5.41) is 1.93. The van der Waals surface area contributed by atoms with Gasteiger partial charge >= 0.3 is 0 Å². The first kappa shape index (κ1) is 12.2. The first-order chi connectivity index (χ1) is 8.47. The van der Waals surface area contributed by atoms with Gasteiger partial charge in [0, 0.05) is 10.9 Å². The van der Waals surface area contributed by atoms with Crippen molar-refractivity contribution in [3.05, 3.63) is 28.7 Å². The highest BCUT2D eigenvalue weighted by molar-refractivity contribution is 9.10. The third kappa shape index (κ3) is 1.88. The number of hydrogen-bond donors (Lipinski definition) is 0. The maximum absolute atomic E-state index is 11.8. The molecule has 1 aromatic rings. The smallest absolute Gasteiger partial charge is 0.166 e. The van der Waals surface area contributed by atoms with Crippen LogP contribution in [0.2, 0.25) is 0 Å². The Kier molecular flexibility index (Phi) is 2.75. The van der Waals surface area contributed by atoms with Crippen molar-refractivity contribution < 1.29 is 9.63 Å². The third-order valence-corrected chi connectivity index (χ3v) is 4.50. The molecule has 0 N–H and O–H groups in total. The lowest BCUT2D eigenvalue weighted by Gasteiger charge is -2.53. The second-order valence-corrected chi connectivity index (χ2v) is 6.69. The normalized spacial score (nSPS) is 29.7. The van der Waals surface area contributed by atoms with Gasteiger partial charge in [0.25, 0.3) is 0 Å². The predicted octanol–water partition coefficient (Wildman–Crippen LogP) is 3.33. The van der Waals surface area contributed by atoms with E-state index in [1.165, 1.54) is 0 Å². The molecule has 2 aliphatic heterocycles. The molecule has 3 aliphatic rings. The van der Waals surface area contributed by atoms with Gasteiger partial charge in [0.15, 0.2) is 5.78 Å². The number of carbonyl (C=O) groups excluding carboxylic acids is 1. The average Bonchev–Trinajstić information content (AvgIpc) is 2.31. The number of ketones is 1. The van der Waals surface area contributed by atoms with Gasteiger partial charge < -0.3 is 0 Å². The van der Waals surface area contributed by atoms with Crippen molar-refractivity contribution in [2.45, 2.75) is 38.8 Å². The number of rotatable bonds is 1. The van der Waals surface area contributed by atoms with Gasteiger partial charge in [-0.15, -0.1) is 0 Å². The zero-order valence-corrected chi connectivity index (χ0v) is 12.1. The number of halogens is 1. The summed E-state index contributed by atoms with van der Waals surface area (Å²) in [6.45, 7) is 4.43. The molecule has 2 atom stereocenters. The molecule has 4 heteroatoms. The molecule has 3 fully saturated rings. The van der Waals surface area contributed by atoms with Crippen molar-refractivity contribution in [3.63, 3.8) is 0 Å². The zero-order valence-electron chi connectivity index (χ0n) is 10.5. The van der Waals surface area contributed by atoms with Gasteiger partial charge in [-0.25, -0.2) is 5.06 Å². The highest BCUT2D eigenvalue weighted by atomic mass is 79.9. The van der Waals surface area contributed by atoms with Crippen LogP contribution in [-0.2, 0) is 9.63 Å². The van der Waals surface area contributed by atoms with Crippen LogP contribution in [-0.4, -0.2) is 17.9 Å². The molecule has 0 unspecified atom stereocenters. The molecule has 0 amide bonds. The molecule has 18 heavy (non-hydrogen) atoms. The minimum absolute atomic E-state index is 0.115. The summed E-state index contributed by atoms with van der Waals surface area (Å²) < 4.78 is 1.05. The monoisotopic (exact) mass is 309 g/mol. The maximum atomic E-state index is 11.8. The summed E-state index contributed by atoms with van der Waals surface area (Å²) in [6, 6.07) is 8.17. The van der Waals surface area contributed by atoms with Crippen LogP contribution in [0.15, 0.2) is 28.7 Å². The van der Waals surface area contributed by atoms with Crippen LogP contribution in [0.5, 0.6) is 0 Å². The van der Waals surface area contributed by atoms with E-state index in [0.29, 0.717) is 6.42 Å². The maximum Gasteiger partial charge on any atom is 0.166 e. The highest BCUT2D eigenvalue weighted by Gasteiger charge is 2.51. The average molecular weight is 310 g/mol. The number of carbonyl (C=O) groups is 1. The molecule has 96 valence electrons. The van der Waals surface area contributed by atoms with Crippen LogP contribution in [0.4, 0.5) is 5.69 Å². The number of nitrogens with zero attached hydrogens (tertiary/aromatic N) is 1. The van der Waals surface area contributed by atoms with E-state index in [0.717, 1.165) is 16.6 Å². The quantitative estimate of drug-likeness (QED) is 0.797. The van der Waals surface area contributed by atoms with Crippen molar-refractivity contribution in [2.24, 2.45) is 5.41 Å². The molecule has 3 nitrogen and oxygen atoms in total.